The average Bonchev–Trinajstić information content (AvgIpc) is 2.67. The third-order valence-corrected chi connectivity index (χ3v) is 1.80. The Morgan fingerprint density at radius 2 is 2.08 bits per heavy atom. The molecule has 6 nitrogen and oxygen atoms in total. The fraction of sp³-hybridized carbons (Fsp3) is 0.600. The van der Waals surface area contributed by atoms with Crippen molar-refractivity contribution in [2.75, 3.05) is 0 Å². The quantitative estimate of drug-likeness (QED) is 0.442. The molecule has 1 rings (SSSR count). The summed E-state index contributed by atoms with van der Waals surface area (Å²) in [5.41, 5.74) is -1.06. The van der Waals surface area contributed by atoms with Crippen LogP contribution in [0.5, 0.6) is 0 Å². The van der Waals surface area contributed by atoms with Crippen LogP contribution < -0.4 is 4.72 Å². The molecule has 1 saturated carbocycles. The molecule has 0 aliphatic heterocycles. The molecule has 0 spiro atoms. The molecule has 0 aromatic carbocycles. The summed E-state index contributed by atoms with van der Waals surface area (Å²) in [6, 6.07) is 0. The first-order chi connectivity index (χ1) is 5.58. The van der Waals surface area contributed by atoms with Crippen LogP contribution in [0, 0.1) is 0 Å². The molecule has 0 unspecified atom stereocenters. The largest absolute Gasteiger partial charge is 0.435 e. The normalized spacial score (nSPS) is 18.4. The van der Waals surface area contributed by atoms with Crippen molar-refractivity contribution < 1.29 is 22.7 Å². The molecule has 0 saturated heterocycles. The first kappa shape index (κ1) is 8.98. The van der Waals surface area contributed by atoms with E-state index in [-0.39, 0.29) is 0 Å². The number of hydrogen-bond donors (Lipinski definition) is 2. The molecule has 0 aromatic rings. The van der Waals surface area contributed by atoms with Crippen molar-refractivity contribution in [2.24, 2.45) is 0 Å². The van der Waals surface area contributed by atoms with Crippen LogP contribution in [-0.4, -0.2) is 26.4 Å². The van der Waals surface area contributed by atoms with Gasteiger partial charge in [0.25, 0.3) is 0 Å². The van der Waals surface area contributed by atoms with Gasteiger partial charge in [-0.3, -0.25) is 4.79 Å². The van der Waals surface area contributed by atoms with Crippen LogP contribution in [-0.2, 0) is 20.4 Å². The van der Waals surface area contributed by atoms with Gasteiger partial charge in [0, 0.05) is 0 Å². The molecule has 7 heteroatoms. The second-order valence-corrected chi connectivity index (χ2v) is 3.18. The molecule has 12 heavy (non-hydrogen) atoms. The van der Waals surface area contributed by atoms with Crippen LogP contribution in [0.3, 0.4) is 0 Å². The summed E-state index contributed by atoms with van der Waals surface area (Å²) < 4.78 is 25.9. The summed E-state index contributed by atoms with van der Waals surface area (Å²) in [6.07, 6.45) is 0.319. The minimum atomic E-state index is -3.01. The molecule has 1 aliphatic rings. The highest BCUT2D eigenvalue weighted by molar-refractivity contribution is 7.70. The number of nitrogens with one attached hydrogen (secondary N) is 1. The van der Waals surface area contributed by atoms with E-state index < -0.39 is 22.6 Å². The second kappa shape index (κ2) is 3.10. The Labute approximate surface area is 70.0 Å². The van der Waals surface area contributed by atoms with E-state index in [1.807, 2.05) is 0 Å². The molecule has 1 fully saturated rings. The number of thiol groups is 1. The number of aldehydes is 1. The lowest BCUT2D eigenvalue weighted by Gasteiger charge is -2.07. The minimum Gasteiger partial charge on any atom is -0.435 e. The molecular formula is C5H7NO5S. The zero-order valence-corrected chi connectivity index (χ0v) is 6.87. The Hall–Kier alpha value is -1.11. The van der Waals surface area contributed by atoms with E-state index in [2.05, 4.69) is 4.74 Å². The van der Waals surface area contributed by atoms with Crippen LogP contribution >= 0.6 is 0 Å². The Balaban J connectivity index is 2.41. The van der Waals surface area contributed by atoms with Gasteiger partial charge in [-0.15, -0.1) is 0 Å². The average molecular weight is 193 g/mol. The summed E-state index contributed by atoms with van der Waals surface area (Å²) in [5.74, 6) is 0. The highest BCUT2D eigenvalue weighted by atomic mass is 32.2. The first-order valence-corrected chi connectivity index (χ1v) is 4.36. The highest BCUT2D eigenvalue weighted by Gasteiger charge is 2.47. The third-order valence-electron chi connectivity index (χ3n) is 1.44. The highest BCUT2D eigenvalue weighted by Crippen LogP contribution is 2.37. The molecule has 68 valence electrons. The van der Waals surface area contributed by atoms with Gasteiger partial charge in [0.05, 0.1) is 0 Å². The molecule has 0 heterocycles. The molecule has 0 aromatic heterocycles. The SMILES string of the molecule is O=CC1(OC(=O)N[SH](=O)=O)CC1. The van der Waals surface area contributed by atoms with Crippen LogP contribution in [0.1, 0.15) is 12.8 Å². The lowest BCUT2D eigenvalue weighted by molar-refractivity contribution is -0.116. The van der Waals surface area contributed by atoms with E-state index in [0.717, 1.165) is 0 Å². The lowest BCUT2D eigenvalue weighted by Crippen LogP contribution is -2.29. The number of amides is 1. The topological polar surface area (TPSA) is 89.5 Å². The third kappa shape index (κ3) is 2.19. The van der Waals surface area contributed by atoms with Gasteiger partial charge in [-0.05, 0) is 12.8 Å². The zero-order valence-electron chi connectivity index (χ0n) is 5.98. The number of carbonyl (C=O) groups excluding carboxylic acids is 2. The van der Waals surface area contributed by atoms with E-state index in [9.17, 15) is 18.0 Å². The summed E-state index contributed by atoms with van der Waals surface area (Å²) >= 11 is 0. The van der Waals surface area contributed by atoms with Gasteiger partial charge in [0.1, 0.15) is 0 Å². The number of carbonyl (C=O) groups is 2. The monoisotopic (exact) mass is 193 g/mol. The first-order valence-electron chi connectivity index (χ1n) is 3.18. The lowest BCUT2D eigenvalue weighted by atomic mass is 10.4. The number of ether oxygens (including phenoxy) is 1. The van der Waals surface area contributed by atoms with Crippen molar-refractivity contribution in [3.63, 3.8) is 0 Å². The van der Waals surface area contributed by atoms with Crippen molar-refractivity contribution >= 4 is 23.3 Å². The molecule has 0 bridgehead atoms. The predicted octanol–water partition coefficient (Wildman–Crippen LogP) is -1.03. The Morgan fingerprint density at radius 3 is 2.42 bits per heavy atom. The fourth-order valence-corrected chi connectivity index (χ4v) is 0.844. The predicted molar refractivity (Wildman–Crippen MR) is 38.0 cm³/mol. The van der Waals surface area contributed by atoms with Gasteiger partial charge < -0.3 is 4.74 Å². The number of hydrogen-bond acceptors (Lipinski definition) is 5. The van der Waals surface area contributed by atoms with Crippen molar-refractivity contribution in [1.29, 1.82) is 0 Å². The van der Waals surface area contributed by atoms with Crippen molar-refractivity contribution in [1.82, 2.24) is 4.72 Å². The van der Waals surface area contributed by atoms with Crippen LogP contribution in [0.25, 0.3) is 0 Å². The van der Waals surface area contributed by atoms with E-state index in [1.165, 1.54) is 4.72 Å². The maximum absolute atomic E-state index is 10.6. The van der Waals surface area contributed by atoms with Crippen LogP contribution in [0.4, 0.5) is 4.79 Å². The standard InChI is InChI=1S/C5H7NO5S/c7-3-5(1-2-5)11-4(8)6-12(9)10/h3,12H,1-2H2,(H,6,8,9,10). The molecular weight excluding hydrogens is 186 g/mol. The maximum Gasteiger partial charge on any atom is 0.421 e. The molecule has 1 amide bonds. The van der Waals surface area contributed by atoms with Crippen molar-refractivity contribution in [3.05, 3.63) is 0 Å². The van der Waals surface area contributed by atoms with Gasteiger partial charge in [0.15, 0.2) is 11.9 Å². The van der Waals surface area contributed by atoms with Crippen LogP contribution in [0.2, 0.25) is 0 Å². The number of rotatable bonds is 3. The van der Waals surface area contributed by atoms with E-state index in [0.29, 0.717) is 19.1 Å². The van der Waals surface area contributed by atoms with E-state index in [1.54, 1.807) is 0 Å². The molecule has 0 atom stereocenters. The Bertz CT molecular complexity index is 272. The minimum absolute atomic E-state index is 0.458. The van der Waals surface area contributed by atoms with Gasteiger partial charge in [0.2, 0.25) is 10.9 Å². The Morgan fingerprint density at radius 1 is 1.50 bits per heavy atom. The fourth-order valence-electron chi connectivity index (χ4n) is 0.649. The molecule has 0 radical (unpaired) electrons. The second-order valence-electron chi connectivity index (χ2n) is 2.44. The van der Waals surface area contributed by atoms with Gasteiger partial charge >= 0.3 is 6.09 Å². The zero-order chi connectivity index (χ0) is 9.19. The van der Waals surface area contributed by atoms with Gasteiger partial charge in [-0.2, -0.15) is 0 Å². The summed E-state index contributed by atoms with van der Waals surface area (Å²) in [7, 11) is -3.01. The molecule has 1 N–H and O–H groups in total. The summed E-state index contributed by atoms with van der Waals surface area (Å²) in [4.78, 5) is 20.8. The van der Waals surface area contributed by atoms with E-state index in [4.69, 9.17) is 0 Å². The smallest absolute Gasteiger partial charge is 0.421 e. The van der Waals surface area contributed by atoms with E-state index >= 15 is 0 Å². The Kier molecular flexibility index (Phi) is 2.32. The summed E-state index contributed by atoms with van der Waals surface area (Å²) in [5, 5.41) is 0. The summed E-state index contributed by atoms with van der Waals surface area (Å²) in [6.45, 7) is 0. The van der Waals surface area contributed by atoms with Gasteiger partial charge in [-0.25, -0.2) is 17.9 Å². The van der Waals surface area contributed by atoms with Crippen molar-refractivity contribution in [2.45, 2.75) is 18.4 Å². The maximum atomic E-state index is 10.6. The van der Waals surface area contributed by atoms with Crippen molar-refractivity contribution in [3.8, 4) is 0 Å². The van der Waals surface area contributed by atoms with Crippen LogP contribution in [0.15, 0.2) is 0 Å². The van der Waals surface area contributed by atoms with Gasteiger partial charge in [-0.1, -0.05) is 0 Å². The molecule has 1 aliphatic carbocycles.